The van der Waals surface area contributed by atoms with Crippen molar-refractivity contribution in [1.82, 2.24) is 15.5 Å². The zero-order valence-electron chi connectivity index (χ0n) is 20.1. The van der Waals surface area contributed by atoms with E-state index in [4.69, 9.17) is 4.74 Å². The summed E-state index contributed by atoms with van der Waals surface area (Å²) in [7, 11) is 3.96. The maximum atomic E-state index is 13.5. The van der Waals surface area contributed by atoms with Crippen molar-refractivity contribution in [2.24, 2.45) is 5.92 Å². The van der Waals surface area contributed by atoms with Crippen LogP contribution in [-0.4, -0.2) is 50.8 Å². The predicted molar refractivity (Wildman–Crippen MR) is 129 cm³/mol. The molecule has 4 atom stereocenters. The molecule has 1 fully saturated rings. The van der Waals surface area contributed by atoms with Crippen molar-refractivity contribution in [2.45, 2.75) is 43.7 Å². The van der Waals surface area contributed by atoms with E-state index in [1.165, 1.54) is 12.1 Å². The second-order valence-electron chi connectivity index (χ2n) is 9.55. The lowest BCUT2D eigenvalue weighted by atomic mass is 9.76. The first-order chi connectivity index (χ1) is 16.7. The first kappa shape index (κ1) is 25.3. The van der Waals surface area contributed by atoms with E-state index in [1.54, 1.807) is 0 Å². The molecular weight excluding hydrogens is 457 g/mol. The molecule has 2 aromatic rings. The summed E-state index contributed by atoms with van der Waals surface area (Å²) < 4.78 is 46.8. The monoisotopic (exact) mass is 490 g/mol. The van der Waals surface area contributed by atoms with Crippen LogP contribution in [0.3, 0.4) is 0 Å². The number of amides is 2. The van der Waals surface area contributed by atoms with Crippen LogP contribution in [0.15, 0.2) is 48.5 Å². The topological polar surface area (TPSA) is 65.6 Å². The Balaban J connectivity index is 1.47. The molecule has 0 bridgehead atoms. The first-order valence-electron chi connectivity index (χ1n) is 12.1. The molecule has 2 aliphatic rings. The number of hydrogen-bond donors (Lipinski definition) is 3. The molecule has 1 saturated heterocycles. The van der Waals surface area contributed by atoms with E-state index < -0.39 is 17.8 Å². The Morgan fingerprint density at radius 1 is 1.11 bits per heavy atom. The Kier molecular flexibility index (Phi) is 7.86. The highest BCUT2D eigenvalue weighted by molar-refractivity contribution is 5.73. The summed E-state index contributed by atoms with van der Waals surface area (Å²) >= 11 is 0. The second-order valence-corrected chi connectivity index (χ2v) is 9.55. The fourth-order valence-corrected chi connectivity index (χ4v) is 4.94. The summed E-state index contributed by atoms with van der Waals surface area (Å²) in [5, 5.41) is 9.15. The molecule has 2 aliphatic heterocycles. The van der Waals surface area contributed by atoms with Crippen molar-refractivity contribution in [3.05, 3.63) is 65.2 Å². The quantitative estimate of drug-likeness (QED) is 0.480. The van der Waals surface area contributed by atoms with Gasteiger partial charge in [0.15, 0.2) is 0 Å². The lowest BCUT2D eigenvalue weighted by Gasteiger charge is -2.46. The maximum absolute atomic E-state index is 13.5. The maximum Gasteiger partial charge on any atom is 0.416 e. The number of fused-ring (bicyclic) bond motifs is 3. The molecular formula is C26H33F3N4O2. The molecule has 0 saturated carbocycles. The van der Waals surface area contributed by atoms with Gasteiger partial charge in [0.05, 0.1) is 23.8 Å². The normalized spacial score (nSPS) is 23.7. The summed E-state index contributed by atoms with van der Waals surface area (Å²) in [6.07, 6.45) is -2.88. The number of nitrogens with one attached hydrogen (secondary N) is 3. The van der Waals surface area contributed by atoms with Crippen LogP contribution < -0.4 is 16.0 Å². The van der Waals surface area contributed by atoms with Crippen molar-refractivity contribution < 1.29 is 22.7 Å². The molecule has 6 nitrogen and oxygen atoms in total. The van der Waals surface area contributed by atoms with Crippen LogP contribution in [0, 0.1) is 5.92 Å². The first-order valence-corrected chi connectivity index (χ1v) is 12.1. The van der Waals surface area contributed by atoms with Crippen LogP contribution >= 0.6 is 0 Å². The number of benzene rings is 2. The van der Waals surface area contributed by atoms with Gasteiger partial charge < -0.3 is 25.6 Å². The van der Waals surface area contributed by atoms with Gasteiger partial charge in [-0.2, -0.15) is 13.2 Å². The van der Waals surface area contributed by atoms with Gasteiger partial charge in [0.2, 0.25) is 0 Å². The van der Waals surface area contributed by atoms with E-state index in [0.29, 0.717) is 30.8 Å². The Bertz CT molecular complexity index is 1000. The minimum atomic E-state index is -4.43. The van der Waals surface area contributed by atoms with Crippen LogP contribution in [0.2, 0.25) is 0 Å². The number of anilines is 1. The fraction of sp³-hybridized carbons (Fsp3) is 0.500. The summed E-state index contributed by atoms with van der Waals surface area (Å²) in [5.41, 5.74) is 1.57. The van der Waals surface area contributed by atoms with Crippen LogP contribution in [0.5, 0.6) is 0 Å². The third-order valence-electron chi connectivity index (χ3n) is 6.69. The van der Waals surface area contributed by atoms with E-state index in [9.17, 15) is 18.0 Å². The molecule has 0 aliphatic carbocycles. The molecule has 0 radical (unpaired) electrons. The average Bonchev–Trinajstić information content (AvgIpc) is 2.84. The standard InChI is InChI=1S/C26H33F3N4O2/c1-33(2)14-6-13-30-25(34)31-16-19-10-11-20-23(17-7-4-3-5-8-17)32-22-12-9-18(26(27,28)29)15-21(22)24(20)35-19/h3-5,7-9,12,15,19-20,23-24,32H,6,10-11,13-14,16H2,1-2H3,(H2,30,31,34)/t19-,20+,23+,24+/m1/s1. The zero-order valence-corrected chi connectivity index (χ0v) is 20.1. The smallest absolute Gasteiger partial charge is 0.378 e. The third-order valence-corrected chi connectivity index (χ3v) is 6.69. The van der Waals surface area contributed by atoms with Gasteiger partial charge in [-0.1, -0.05) is 30.3 Å². The van der Waals surface area contributed by atoms with E-state index >= 15 is 0 Å². The zero-order chi connectivity index (χ0) is 25.0. The number of halogens is 3. The Hall–Kier alpha value is -2.78. The number of alkyl halides is 3. The molecule has 35 heavy (non-hydrogen) atoms. The molecule has 9 heteroatoms. The highest BCUT2D eigenvalue weighted by atomic mass is 19.4. The van der Waals surface area contributed by atoms with E-state index in [-0.39, 0.29) is 24.1 Å². The Morgan fingerprint density at radius 3 is 2.60 bits per heavy atom. The lowest BCUT2D eigenvalue weighted by Crippen LogP contribution is -2.45. The Labute approximate surface area is 204 Å². The lowest BCUT2D eigenvalue weighted by molar-refractivity contribution is -0.138. The summed E-state index contributed by atoms with van der Waals surface area (Å²) in [5.74, 6) is -0.0236. The molecule has 2 amide bonds. The SMILES string of the molecule is CN(C)CCCNC(=O)NC[C@H]1CC[C@@H]2[C@H](O1)c1cc(C(F)(F)F)ccc1N[C@H]2c1ccccc1. The minimum Gasteiger partial charge on any atom is -0.378 e. The number of carbonyl (C=O) groups is 1. The van der Waals surface area contributed by atoms with Crippen molar-refractivity contribution in [3.8, 4) is 0 Å². The van der Waals surface area contributed by atoms with Crippen molar-refractivity contribution >= 4 is 11.7 Å². The molecule has 190 valence electrons. The van der Waals surface area contributed by atoms with Crippen LogP contribution in [0.25, 0.3) is 0 Å². The van der Waals surface area contributed by atoms with Gasteiger partial charge >= 0.3 is 12.2 Å². The van der Waals surface area contributed by atoms with Crippen molar-refractivity contribution in [3.63, 3.8) is 0 Å². The highest BCUT2D eigenvalue weighted by Gasteiger charge is 2.43. The van der Waals surface area contributed by atoms with Gasteiger partial charge in [0.1, 0.15) is 0 Å². The molecule has 4 rings (SSSR count). The van der Waals surface area contributed by atoms with Crippen LogP contribution in [0.1, 0.15) is 48.1 Å². The number of ether oxygens (including phenoxy) is 1. The third kappa shape index (κ3) is 6.27. The van der Waals surface area contributed by atoms with Crippen molar-refractivity contribution in [2.75, 3.05) is 39.0 Å². The molecule has 0 aromatic heterocycles. The van der Waals surface area contributed by atoms with Gasteiger partial charge in [-0.15, -0.1) is 0 Å². The number of carbonyl (C=O) groups excluding carboxylic acids is 1. The van der Waals surface area contributed by atoms with Gasteiger partial charge in [-0.05, 0) is 63.7 Å². The molecule has 0 unspecified atom stereocenters. The average molecular weight is 491 g/mol. The second kappa shape index (κ2) is 10.9. The number of nitrogens with zero attached hydrogens (tertiary/aromatic N) is 1. The summed E-state index contributed by atoms with van der Waals surface area (Å²) in [4.78, 5) is 14.2. The van der Waals surface area contributed by atoms with Gasteiger partial charge in [0.25, 0.3) is 0 Å². The van der Waals surface area contributed by atoms with Gasteiger partial charge in [-0.3, -0.25) is 0 Å². The molecule has 2 heterocycles. The minimum absolute atomic E-state index is 0.0236. The van der Waals surface area contributed by atoms with Crippen LogP contribution in [0.4, 0.5) is 23.7 Å². The fourth-order valence-electron chi connectivity index (χ4n) is 4.94. The van der Waals surface area contributed by atoms with Gasteiger partial charge in [0, 0.05) is 30.3 Å². The van der Waals surface area contributed by atoms with Gasteiger partial charge in [-0.25, -0.2) is 4.79 Å². The molecule has 0 spiro atoms. The highest BCUT2D eigenvalue weighted by Crippen LogP contribution is 2.51. The van der Waals surface area contributed by atoms with Crippen LogP contribution in [-0.2, 0) is 10.9 Å². The Morgan fingerprint density at radius 2 is 1.89 bits per heavy atom. The largest absolute Gasteiger partial charge is 0.416 e. The number of hydrogen-bond acceptors (Lipinski definition) is 4. The molecule has 3 N–H and O–H groups in total. The number of urea groups is 1. The van der Waals surface area contributed by atoms with E-state index in [0.717, 1.165) is 31.0 Å². The summed E-state index contributed by atoms with van der Waals surface area (Å²) in [6, 6.07) is 13.4. The predicted octanol–water partition coefficient (Wildman–Crippen LogP) is 4.96. The van der Waals surface area contributed by atoms with Crippen molar-refractivity contribution in [1.29, 1.82) is 0 Å². The number of rotatable bonds is 7. The van der Waals surface area contributed by atoms with E-state index in [2.05, 4.69) is 20.9 Å². The molecule has 2 aromatic carbocycles. The summed E-state index contributed by atoms with van der Waals surface area (Å²) in [6.45, 7) is 1.75. The van der Waals surface area contributed by atoms with E-state index in [1.807, 2.05) is 44.4 Å².